The Hall–Kier alpha value is -2.65. The first-order valence-electron chi connectivity index (χ1n) is 9.22. The van der Waals surface area contributed by atoms with Gasteiger partial charge in [0.25, 0.3) is 0 Å². The maximum atomic E-state index is 11.8. The monoisotopic (exact) mass is 349 g/mol. The lowest BCUT2D eigenvalue weighted by atomic mass is 10.1. The van der Waals surface area contributed by atoms with E-state index in [4.69, 9.17) is 10.2 Å². The Morgan fingerprint density at radius 1 is 1.35 bits per heavy atom. The summed E-state index contributed by atoms with van der Waals surface area (Å²) >= 11 is 0. The minimum Gasteiger partial charge on any atom is -0.350 e. The van der Waals surface area contributed by atoms with Gasteiger partial charge in [0, 0.05) is 32.3 Å². The summed E-state index contributed by atoms with van der Waals surface area (Å²) in [5.41, 5.74) is 2.78. The Morgan fingerprint density at radius 3 is 3.04 bits per heavy atom. The van der Waals surface area contributed by atoms with Crippen LogP contribution in [0.25, 0.3) is 0 Å². The second-order valence-electron chi connectivity index (χ2n) is 7.29. The molecule has 1 aromatic carbocycles. The molecule has 2 aromatic rings. The fourth-order valence-corrected chi connectivity index (χ4v) is 3.42. The van der Waals surface area contributed by atoms with Crippen molar-refractivity contribution in [2.75, 3.05) is 6.54 Å². The number of rotatable bonds is 6. The van der Waals surface area contributed by atoms with Gasteiger partial charge in [-0.25, -0.2) is 4.98 Å². The van der Waals surface area contributed by atoms with Gasteiger partial charge in [0.05, 0.1) is 30.4 Å². The van der Waals surface area contributed by atoms with Crippen LogP contribution < -0.4 is 5.32 Å². The molecule has 0 saturated heterocycles. The summed E-state index contributed by atoms with van der Waals surface area (Å²) in [4.78, 5) is 18.9. The number of nitriles is 1. The van der Waals surface area contributed by atoms with E-state index in [9.17, 15) is 4.79 Å². The largest absolute Gasteiger partial charge is 0.350 e. The molecule has 26 heavy (non-hydrogen) atoms. The molecule has 6 heteroatoms. The van der Waals surface area contributed by atoms with Crippen LogP contribution in [-0.4, -0.2) is 26.9 Å². The van der Waals surface area contributed by atoms with Crippen molar-refractivity contribution in [3.8, 4) is 6.07 Å². The molecule has 1 aromatic heterocycles. The third kappa shape index (κ3) is 4.12. The quantitative estimate of drug-likeness (QED) is 0.867. The summed E-state index contributed by atoms with van der Waals surface area (Å²) in [6.07, 6.45) is 5.10. The molecule has 2 heterocycles. The summed E-state index contributed by atoms with van der Waals surface area (Å²) in [6.45, 7) is 3.96. The lowest BCUT2D eigenvalue weighted by molar-refractivity contribution is -0.121. The maximum Gasteiger partial charge on any atom is 0.220 e. The van der Waals surface area contributed by atoms with E-state index in [0.717, 1.165) is 43.3 Å². The first-order valence-corrected chi connectivity index (χ1v) is 9.22. The zero-order valence-corrected chi connectivity index (χ0v) is 14.8. The summed E-state index contributed by atoms with van der Waals surface area (Å²) in [7, 11) is 0. The highest BCUT2D eigenvalue weighted by molar-refractivity contribution is 5.76. The number of hydrogen-bond acceptors (Lipinski definition) is 4. The van der Waals surface area contributed by atoms with Crippen LogP contribution in [0.15, 0.2) is 30.5 Å². The first kappa shape index (κ1) is 16.8. The van der Waals surface area contributed by atoms with Crippen molar-refractivity contribution in [1.82, 2.24) is 19.8 Å². The second-order valence-corrected chi connectivity index (χ2v) is 7.29. The molecule has 6 nitrogen and oxygen atoms in total. The Labute approximate surface area is 153 Å². The number of benzene rings is 1. The van der Waals surface area contributed by atoms with Crippen molar-refractivity contribution in [3.63, 3.8) is 0 Å². The van der Waals surface area contributed by atoms with Crippen LogP contribution in [0, 0.1) is 17.2 Å². The van der Waals surface area contributed by atoms with Gasteiger partial charge in [0.15, 0.2) is 0 Å². The molecule has 1 aliphatic carbocycles. The van der Waals surface area contributed by atoms with Crippen molar-refractivity contribution < 1.29 is 4.79 Å². The minimum absolute atomic E-state index is 0.137. The van der Waals surface area contributed by atoms with Crippen LogP contribution in [0.1, 0.15) is 41.9 Å². The summed E-state index contributed by atoms with van der Waals surface area (Å²) in [5.74, 6) is 1.79. The highest BCUT2D eigenvalue weighted by atomic mass is 16.1. The number of aromatic nitrogens is 2. The summed E-state index contributed by atoms with van der Waals surface area (Å²) in [6, 6.07) is 9.96. The number of nitrogens with one attached hydrogen (secondary N) is 1. The van der Waals surface area contributed by atoms with Gasteiger partial charge in [-0.05, 0) is 36.5 Å². The van der Waals surface area contributed by atoms with Crippen LogP contribution in [0.2, 0.25) is 0 Å². The van der Waals surface area contributed by atoms with Crippen LogP contribution in [0.3, 0.4) is 0 Å². The van der Waals surface area contributed by atoms with Gasteiger partial charge in [-0.1, -0.05) is 12.1 Å². The molecule has 0 bridgehead atoms. The molecular weight excluding hydrogens is 326 g/mol. The van der Waals surface area contributed by atoms with Crippen LogP contribution in [0.5, 0.6) is 0 Å². The topological polar surface area (TPSA) is 74.0 Å². The van der Waals surface area contributed by atoms with E-state index >= 15 is 0 Å². The van der Waals surface area contributed by atoms with Crippen molar-refractivity contribution in [3.05, 3.63) is 53.1 Å². The Morgan fingerprint density at radius 2 is 2.23 bits per heavy atom. The molecule has 0 unspecified atom stereocenters. The van der Waals surface area contributed by atoms with Crippen molar-refractivity contribution >= 4 is 5.91 Å². The van der Waals surface area contributed by atoms with E-state index in [1.807, 2.05) is 18.2 Å². The molecule has 1 amide bonds. The normalized spacial score (nSPS) is 16.7. The Kier molecular flexibility index (Phi) is 4.72. The van der Waals surface area contributed by atoms with Gasteiger partial charge < -0.3 is 9.88 Å². The molecule has 0 spiro atoms. The number of amides is 1. The molecule has 0 radical (unpaired) electrons. The molecule has 0 atom stereocenters. The van der Waals surface area contributed by atoms with Crippen molar-refractivity contribution in [2.45, 2.75) is 45.4 Å². The van der Waals surface area contributed by atoms with E-state index in [2.05, 4.69) is 33.1 Å². The van der Waals surface area contributed by atoms with Crippen molar-refractivity contribution in [2.24, 2.45) is 5.92 Å². The number of hydrogen-bond donors (Lipinski definition) is 1. The molecule has 1 N–H and O–H groups in total. The van der Waals surface area contributed by atoms with E-state index in [1.165, 1.54) is 12.8 Å². The van der Waals surface area contributed by atoms with E-state index in [-0.39, 0.29) is 5.91 Å². The zero-order valence-electron chi connectivity index (χ0n) is 14.8. The fraction of sp³-hybridized carbons (Fsp3) is 0.450. The van der Waals surface area contributed by atoms with E-state index in [0.29, 0.717) is 24.4 Å². The third-order valence-electron chi connectivity index (χ3n) is 5.03. The molecule has 2 aliphatic rings. The molecule has 1 fully saturated rings. The van der Waals surface area contributed by atoms with Gasteiger partial charge in [-0.15, -0.1) is 0 Å². The van der Waals surface area contributed by atoms with Gasteiger partial charge in [-0.2, -0.15) is 5.26 Å². The number of fused-ring (bicyclic) bond motifs is 1. The fourth-order valence-electron chi connectivity index (χ4n) is 3.42. The average molecular weight is 349 g/mol. The minimum atomic E-state index is 0.137. The molecule has 134 valence electrons. The second kappa shape index (κ2) is 7.30. The Bertz CT molecular complexity index is 846. The van der Waals surface area contributed by atoms with Crippen molar-refractivity contribution in [1.29, 1.82) is 5.26 Å². The average Bonchev–Trinajstić information content (AvgIpc) is 3.36. The lowest BCUT2D eigenvalue weighted by Crippen LogP contribution is -2.33. The third-order valence-corrected chi connectivity index (χ3v) is 5.03. The Balaban J connectivity index is 1.33. The van der Waals surface area contributed by atoms with Gasteiger partial charge in [-0.3, -0.25) is 9.69 Å². The molecule has 1 saturated carbocycles. The molecule has 1 aliphatic heterocycles. The maximum absolute atomic E-state index is 11.8. The smallest absolute Gasteiger partial charge is 0.220 e. The van der Waals surface area contributed by atoms with Crippen LogP contribution >= 0.6 is 0 Å². The van der Waals surface area contributed by atoms with Crippen LogP contribution in [0.4, 0.5) is 0 Å². The number of carbonyl (C=O) groups excluding carboxylic acids is 1. The standard InChI is InChI=1S/C20H23N5O/c21-10-16-2-1-3-17(8-16)12-24-6-7-25-13-18(23-19(25)14-24)11-22-20(26)9-15-4-5-15/h1-3,8,13,15H,4-7,9,11-12,14H2,(H,22,26). The SMILES string of the molecule is N#Cc1cccc(CN2CCn3cc(CNC(=O)CC4CC4)nc3C2)c1. The highest BCUT2D eigenvalue weighted by Gasteiger charge is 2.24. The first-order chi connectivity index (χ1) is 12.7. The molecule has 4 rings (SSSR count). The predicted octanol–water partition coefficient (Wildman–Crippen LogP) is 2.19. The van der Waals surface area contributed by atoms with E-state index < -0.39 is 0 Å². The van der Waals surface area contributed by atoms with Crippen LogP contribution in [-0.2, 0) is 31.0 Å². The lowest BCUT2D eigenvalue weighted by Gasteiger charge is -2.27. The highest BCUT2D eigenvalue weighted by Crippen LogP contribution is 2.32. The van der Waals surface area contributed by atoms with Gasteiger partial charge in [0.2, 0.25) is 5.91 Å². The van der Waals surface area contributed by atoms with Gasteiger partial charge >= 0.3 is 0 Å². The number of nitrogens with zero attached hydrogens (tertiary/aromatic N) is 4. The predicted molar refractivity (Wildman–Crippen MR) is 96.7 cm³/mol. The molecular formula is C20H23N5O. The zero-order chi connectivity index (χ0) is 17.9. The number of imidazole rings is 1. The summed E-state index contributed by atoms with van der Waals surface area (Å²) < 4.78 is 2.19. The van der Waals surface area contributed by atoms with E-state index in [1.54, 1.807) is 0 Å². The van der Waals surface area contributed by atoms with Gasteiger partial charge in [0.1, 0.15) is 5.82 Å². The summed E-state index contributed by atoms with van der Waals surface area (Å²) in [5, 5.41) is 12.0. The number of carbonyl (C=O) groups is 1.